The largest absolute Gasteiger partial charge is 0.383 e. The molecule has 0 radical (unpaired) electrons. The van der Waals surface area contributed by atoms with E-state index in [0.717, 1.165) is 11.1 Å². The van der Waals surface area contributed by atoms with E-state index in [2.05, 4.69) is 10.6 Å². The minimum absolute atomic E-state index is 0.126. The fourth-order valence-corrected chi connectivity index (χ4v) is 2.95. The molecule has 0 aliphatic heterocycles. The molecule has 9 heteroatoms. The normalized spacial score (nSPS) is 10.4. The number of amides is 2. The molecule has 0 heterocycles. The highest BCUT2D eigenvalue weighted by Gasteiger charge is 2.21. The first-order valence-corrected chi connectivity index (χ1v) is 9.37. The van der Waals surface area contributed by atoms with Gasteiger partial charge in [0, 0.05) is 38.0 Å². The molecule has 2 aromatic rings. The summed E-state index contributed by atoms with van der Waals surface area (Å²) >= 11 is 0. The zero-order valence-corrected chi connectivity index (χ0v) is 17.5. The smallest absolute Gasteiger partial charge is 0.293 e. The Morgan fingerprint density at radius 3 is 2.43 bits per heavy atom. The van der Waals surface area contributed by atoms with Crippen LogP contribution in [-0.2, 0) is 9.53 Å². The molecule has 2 N–H and O–H groups in total. The number of rotatable bonds is 9. The lowest BCUT2D eigenvalue weighted by atomic mass is 10.1. The molecule has 9 nitrogen and oxygen atoms in total. The van der Waals surface area contributed by atoms with Gasteiger partial charge >= 0.3 is 0 Å². The lowest BCUT2D eigenvalue weighted by Crippen LogP contribution is -2.35. The van der Waals surface area contributed by atoms with Crippen LogP contribution >= 0.6 is 0 Å². The van der Waals surface area contributed by atoms with Crippen LogP contribution in [0.15, 0.2) is 36.4 Å². The number of hydrogen-bond donors (Lipinski definition) is 2. The number of para-hydroxylation sites is 1. The van der Waals surface area contributed by atoms with Crippen LogP contribution in [0.4, 0.5) is 17.1 Å². The van der Waals surface area contributed by atoms with E-state index < -0.39 is 10.8 Å². The second kappa shape index (κ2) is 10.4. The molecule has 30 heavy (non-hydrogen) atoms. The highest BCUT2D eigenvalue weighted by atomic mass is 16.6. The molecule has 0 spiro atoms. The van der Waals surface area contributed by atoms with Crippen LogP contribution in [0.1, 0.15) is 21.5 Å². The Morgan fingerprint density at radius 2 is 1.83 bits per heavy atom. The predicted octanol–water partition coefficient (Wildman–Crippen LogP) is 2.98. The molecule has 0 aliphatic rings. The molecule has 0 unspecified atom stereocenters. The summed E-state index contributed by atoms with van der Waals surface area (Å²) in [5.74, 6) is -0.839. The van der Waals surface area contributed by atoms with Gasteiger partial charge in [0.25, 0.3) is 11.6 Å². The number of ether oxygens (including phenoxy) is 1. The molecule has 2 rings (SSSR count). The maximum atomic E-state index is 12.7. The van der Waals surface area contributed by atoms with E-state index >= 15 is 0 Å². The Balaban J connectivity index is 2.10. The molecule has 0 fully saturated rings. The molecule has 160 valence electrons. The monoisotopic (exact) mass is 414 g/mol. The minimum Gasteiger partial charge on any atom is -0.383 e. The maximum Gasteiger partial charge on any atom is 0.293 e. The van der Waals surface area contributed by atoms with Gasteiger partial charge in [-0.2, -0.15) is 0 Å². The zero-order valence-electron chi connectivity index (χ0n) is 17.5. The topological polar surface area (TPSA) is 114 Å². The van der Waals surface area contributed by atoms with E-state index in [0.29, 0.717) is 24.5 Å². The second-order valence-electron chi connectivity index (χ2n) is 6.88. The fraction of sp³-hybridized carbons (Fsp3) is 0.333. The van der Waals surface area contributed by atoms with E-state index in [9.17, 15) is 19.7 Å². The number of anilines is 2. The predicted molar refractivity (Wildman–Crippen MR) is 115 cm³/mol. The Hall–Kier alpha value is -3.46. The third kappa shape index (κ3) is 5.77. The third-order valence-electron chi connectivity index (χ3n) is 4.54. The van der Waals surface area contributed by atoms with Crippen LogP contribution in [0.5, 0.6) is 0 Å². The van der Waals surface area contributed by atoms with Crippen molar-refractivity contribution in [2.75, 3.05) is 44.5 Å². The van der Waals surface area contributed by atoms with E-state index in [1.807, 2.05) is 32.0 Å². The summed E-state index contributed by atoms with van der Waals surface area (Å²) in [5.41, 5.74) is 2.76. The summed E-state index contributed by atoms with van der Waals surface area (Å²) in [7, 11) is 3.01. The Labute approximate surface area is 175 Å². The van der Waals surface area contributed by atoms with Gasteiger partial charge in [0.15, 0.2) is 0 Å². The van der Waals surface area contributed by atoms with Crippen LogP contribution in [0, 0.1) is 24.0 Å². The van der Waals surface area contributed by atoms with Crippen molar-refractivity contribution in [3.8, 4) is 0 Å². The number of methoxy groups -OCH3 is 1. The van der Waals surface area contributed by atoms with Crippen LogP contribution < -0.4 is 10.6 Å². The highest BCUT2D eigenvalue weighted by molar-refractivity contribution is 6.00. The summed E-state index contributed by atoms with van der Waals surface area (Å²) in [6, 6.07) is 9.85. The summed E-state index contributed by atoms with van der Waals surface area (Å²) in [5, 5.41) is 17.1. The number of benzene rings is 2. The number of carbonyl (C=O) groups excluding carboxylic acids is 2. The van der Waals surface area contributed by atoms with Gasteiger partial charge in [0.2, 0.25) is 5.91 Å². The molecule has 2 amide bonds. The number of likely N-dealkylation sites (N-methyl/N-ethyl adjacent to an activating group) is 1. The summed E-state index contributed by atoms with van der Waals surface area (Å²) in [6.45, 7) is 4.37. The number of nitro benzene ring substituents is 1. The van der Waals surface area contributed by atoms with E-state index in [1.54, 1.807) is 0 Å². The molecule has 2 aromatic carbocycles. The minimum atomic E-state index is -0.556. The van der Waals surface area contributed by atoms with Gasteiger partial charge in [-0.25, -0.2) is 0 Å². The first-order chi connectivity index (χ1) is 14.2. The second-order valence-corrected chi connectivity index (χ2v) is 6.88. The first kappa shape index (κ1) is 22.8. The zero-order chi connectivity index (χ0) is 22.3. The number of nitro groups is 1. The maximum absolute atomic E-state index is 12.7. The van der Waals surface area contributed by atoms with Crippen LogP contribution in [0.25, 0.3) is 0 Å². The van der Waals surface area contributed by atoms with Gasteiger partial charge in [-0.3, -0.25) is 19.7 Å². The lowest BCUT2D eigenvalue weighted by molar-refractivity contribution is -0.384. The number of carbonyl (C=O) groups is 2. The SMILES string of the molecule is COCCNc1ccc(C(=O)N(C)CC(=O)Nc2c(C)cccc2C)cc1[N+](=O)[O-]. The van der Waals surface area contributed by atoms with E-state index in [1.165, 1.54) is 37.3 Å². The molecule has 0 saturated carbocycles. The molecule has 0 atom stereocenters. The van der Waals surface area contributed by atoms with E-state index in [4.69, 9.17) is 4.74 Å². The summed E-state index contributed by atoms with van der Waals surface area (Å²) in [6.07, 6.45) is 0. The molecule has 0 aromatic heterocycles. The highest BCUT2D eigenvalue weighted by Crippen LogP contribution is 2.26. The van der Waals surface area contributed by atoms with E-state index in [-0.39, 0.29) is 23.7 Å². The van der Waals surface area contributed by atoms with Crippen LogP contribution in [0.3, 0.4) is 0 Å². The number of nitrogens with zero attached hydrogens (tertiary/aromatic N) is 2. The lowest BCUT2D eigenvalue weighted by Gasteiger charge is -2.18. The standard InChI is InChI=1S/C21H26N4O5/c1-14-6-5-7-15(2)20(14)23-19(26)13-24(3)21(27)16-8-9-17(22-10-11-30-4)18(12-16)25(28)29/h5-9,12,22H,10-11,13H2,1-4H3,(H,23,26). The van der Waals surface area contributed by atoms with Crippen molar-refractivity contribution < 1.29 is 19.2 Å². The molecule has 0 aliphatic carbocycles. The van der Waals surface area contributed by atoms with Crippen molar-refractivity contribution in [1.82, 2.24) is 4.90 Å². The van der Waals surface area contributed by atoms with Gasteiger partial charge in [-0.1, -0.05) is 18.2 Å². The quantitative estimate of drug-likeness (QED) is 0.370. The molecular formula is C21H26N4O5. The average Bonchev–Trinajstić information content (AvgIpc) is 2.70. The van der Waals surface area contributed by atoms with Gasteiger partial charge < -0.3 is 20.3 Å². The van der Waals surface area contributed by atoms with Gasteiger partial charge in [0.05, 0.1) is 18.1 Å². The van der Waals surface area contributed by atoms with Crippen molar-refractivity contribution in [3.05, 3.63) is 63.2 Å². The Morgan fingerprint density at radius 1 is 1.17 bits per heavy atom. The van der Waals surface area contributed by atoms with Crippen molar-refractivity contribution in [1.29, 1.82) is 0 Å². The Kier molecular flexibility index (Phi) is 7.88. The van der Waals surface area contributed by atoms with Crippen LogP contribution in [-0.4, -0.2) is 55.5 Å². The van der Waals surface area contributed by atoms with Crippen molar-refractivity contribution >= 4 is 28.9 Å². The summed E-state index contributed by atoms with van der Waals surface area (Å²) < 4.78 is 4.92. The van der Waals surface area contributed by atoms with Crippen molar-refractivity contribution in [2.24, 2.45) is 0 Å². The molecule has 0 saturated heterocycles. The van der Waals surface area contributed by atoms with Gasteiger partial charge in [-0.15, -0.1) is 0 Å². The average molecular weight is 414 g/mol. The van der Waals surface area contributed by atoms with Crippen molar-refractivity contribution in [3.63, 3.8) is 0 Å². The van der Waals surface area contributed by atoms with Gasteiger partial charge in [0.1, 0.15) is 5.69 Å². The number of aryl methyl sites for hydroxylation is 2. The number of nitrogens with one attached hydrogen (secondary N) is 2. The first-order valence-electron chi connectivity index (χ1n) is 9.37. The van der Waals surface area contributed by atoms with Crippen molar-refractivity contribution in [2.45, 2.75) is 13.8 Å². The number of hydrogen-bond acceptors (Lipinski definition) is 6. The molecular weight excluding hydrogens is 388 g/mol. The third-order valence-corrected chi connectivity index (χ3v) is 4.54. The molecule has 0 bridgehead atoms. The van der Waals surface area contributed by atoms with Crippen LogP contribution in [0.2, 0.25) is 0 Å². The Bertz CT molecular complexity index is 925. The fourth-order valence-electron chi connectivity index (χ4n) is 2.95. The summed E-state index contributed by atoms with van der Waals surface area (Å²) in [4.78, 5) is 37.2. The van der Waals surface area contributed by atoms with Gasteiger partial charge in [-0.05, 0) is 37.1 Å².